The predicted molar refractivity (Wildman–Crippen MR) is 123 cm³/mol. The SMILES string of the molecule is C[C@@H](Nc1ncnc2c1C=C(C1=CC[P@](C)(=O)CC1)CN2C)c1cccc(C(F)F)c1F. The number of benzene rings is 1. The van der Waals surface area contributed by atoms with Crippen LogP contribution in [0.3, 0.4) is 0 Å². The van der Waals surface area contributed by atoms with E-state index in [4.69, 9.17) is 0 Å². The first-order valence-corrected chi connectivity index (χ1v) is 13.0. The van der Waals surface area contributed by atoms with Gasteiger partial charge >= 0.3 is 0 Å². The van der Waals surface area contributed by atoms with Gasteiger partial charge in [-0.3, -0.25) is 0 Å². The summed E-state index contributed by atoms with van der Waals surface area (Å²) < 4.78 is 53.2. The monoisotopic (exact) mass is 462 g/mol. The summed E-state index contributed by atoms with van der Waals surface area (Å²) in [5.41, 5.74) is 2.59. The third kappa shape index (κ3) is 4.46. The minimum Gasteiger partial charge on any atom is -0.363 e. The van der Waals surface area contributed by atoms with E-state index in [1.54, 1.807) is 6.92 Å². The molecule has 2 aliphatic heterocycles. The van der Waals surface area contributed by atoms with E-state index in [-0.39, 0.29) is 5.56 Å². The van der Waals surface area contributed by atoms with Crippen molar-refractivity contribution in [2.75, 3.05) is 42.8 Å². The van der Waals surface area contributed by atoms with Crippen LogP contribution < -0.4 is 10.2 Å². The van der Waals surface area contributed by atoms with Crippen molar-refractivity contribution >= 4 is 24.9 Å². The molecule has 32 heavy (non-hydrogen) atoms. The lowest BCUT2D eigenvalue weighted by Crippen LogP contribution is -2.27. The van der Waals surface area contributed by atoms with Crippen molar-refractivity contribution in [2.24, 2.45) is 0 Å². The zero-order valence-corrected chi connectivity index (χ0v) is 19.2. The van der Waals surface area contributed by atoms with Crippen LogP contribution in [-0.2, 0) is 4.57 Å². The lowest BCUT2D eigenvalue weighted by atomic mass is 9.97. The Morgan fingerprint density at radius 2 is 1.94 bits per heavy atom. The van der Waals surface area contributed by atoms with Gasteiger partial charge < -0.3 is 14.8 Å². The number of halogens is 3. The smallest absolute Gasteiger partial charge is 0.266 e. The van der Waals surface area contributed by atoms with Gasteiger partial charge in [0, 0.05) is 31.5 Å². The molecule has 0 bridgehead atoms. The summed E-state index contributed by atoms with van der Waals surface area (Å²) in [5.74, 6) is 0.332. The van der Waals surface area contributed by atoms with E-state index in [1.807, 2.05) is 24.7 Å². The number of fused-ring (bicyclic) bond motifs is 1. The highest BCUT2D eigenvalue weighted by Crippen LogP contribution is 2.47. The van der Waals surface area contributed by atoms with Crippen LogP contribution >= 0.6 is 7.14 Å². The van der Waals surface area contributed by atoms with Gasteiger partial charge in [-0.25, -0.2) is 23.1 Å². The Labute approximate surface area is 185 Å². The van der Waals surface area contributed by atoms with Crippen LogP contribution in [-0.4, -0.2) is 42.5 Å². The summed E-state index contributed by atoms with van der Waals surface area (Å²) in [5, 5.41) is 3.18. The number of allylic oxidation sites excluding steroid dienone is 1. The highest BCUT2D eigenvalue weighted by Gasteiger charge is 2.27. The highest BCUT2D eigenvalue weighted by atomic mass is 31.2. The highest BCUT2D eigenvalue weighted by molar-refractivity contribution is 7.63. The normalized spacial score (nSPS) is 21.7. The van der Waals surface area contributed by atoms with E-state index in [9.17, 15) is 17.7 Å². The Kier molecular flexibility index (Phi) is 6.17. The van der Waals surface area contributed by atoms with Crippen LogP contribution in [0.4, 0.5) is 24.8 Å². The van der Waals surface area contributed by atoms with E-state index in [0.717, 1.165) is 29.4 Å². The molecule has 5 nitrogen and oxygen atoms in total. The molecule has 4 rings (SSSR count). The quantitative estimate of drug-likeness (QED) is 0.562. The Hall–Kier alpha value is -2.60. The fourth-order valence-corrected chi connectivity index (χ4v) is 5.69. The molecule has 0 fully saturated rings. The molecule has 0 saturated heterocycles. The minimum atomic E-state index is -2.88. The second kappa shape index (κ2) is 8.74. The van der Waals surface area contributed by atoms with Gasteiger partial charge in [-0.15, -0.1) is 0 Å². The zero-order chi connectivity index (χ0) is 23.0. The zero-order valence-electron chi connectivity index (χ0n) is 18.3. The third-order valence-electron chi connectivity index (χ3n) is 6.05. The van der Waals surface area contributed by atoms with Gasteiger partial charge in [-0.2, -0.15) is 0 Å². The fourth-order valence-electron chi connectivity index (χ4n) is 4.18. The van der Waals surface area contributed by atoms with Gasteiger partial charge in [0.15, 0.2) is 0 Å². The van der Waals surface area contributed by atoms with E-state index in [2.05, 4.69) is 21.4 Å². The molecule has 9 heteroatoms. The molecule has 0 radical (unpaired) electrons. The summed E-state index contributed by atoms with van der Waals surface area (Å²) in [6.07, 6.45) is 4.70. The summed E-state index contributed by atoms with van der Waals surface area (Å²) in [4.78, 5) is 10.8. The number of alkyl halides is 2. The van der Waals surface area contributed by atoms with E-state index >= 15 is 0 Å². The van der Waals surface area contributed by atoms with Crippen molar-refractivity contribution in [2.45, 2.75) is 25.8 Å². The molecule has 1 aromatic carbocycles. The summed E-state index contributed by atoms with van der Waals surface area (Å²) in [7, 11) is -0.142. The van der Waals surface area contributed by atoms with Crippen molar-refractivity contribution in [1.82, 2.24) is 9.97 Å². The van der Waals surface area contributed by atoms with Crippen LogP contribution in [0.2, 0.25) is 0 Å². The first kappa shape index (κ1) is 22.6. The van der Waals surface area contributed by atoms with Gasteiger partial charge in [0.25, 0.3) is 6.43 Å². The second-order valence-corrected chi connectivity index (χ2v) is 12.0. The molecule has 0 saturated carbocycles. The molecule has 3 heterocycles. The van der Waals surface area contributed by atoms with Crippen LogP contribution in [0.25, 0.3) is 6.08 Å². The lowest BCUT2D eigenvalue weighted by molar-refractivity contribution is 0.146. The standard InChI is InChI=1S/C23H26F3N4OP/c1-14(17-5-4-6-18(20(17)24)21(25)26)29-22-19-11-16(12-30(2)23(19)28-13-27-22)15-7-9-32(3,31)10-8-15/h4-7,11,13-14,21H,8-10,12H2,1-3H3,(H,27,28,29)/t14-,32+/m1/s1. The summed E-state index contributed by atoms with van der Waals surface area (Å²) in [6.45, 7) is 4.22. The molecular formula is C23H26F3N4OP. The Morgan fingerprint density at radius 3 is 2.62 bits per heavy atom. The first-order valence-electron chi connectivity index (χ1n) is 10.5. The maximum Gasteiger partial charge on any atom is 0.266 e. The van der Waals surface area contributed by atoms with Crippen LogP contribution in [0.1, 0.15) is 42.5 Å². The predicted octanol–water partition coefficient (Wildman–Crippen LogP) is 5.88. The average molecular weight is 462 g/mol. The summed E-state index contributed by atoms with van der Waals surface area (Å²) >= 11 is 0. The van der Waals surface area contributed by atoms with Crippen molar-refractivity contribution in [3.05, 3.63) is 64.3 Å². The van der Waals surface area contributed by atoms with Gasteiger partial charge in [0.05, 0.1) is 24.3 Å². The number of nitrogens with zero attached hydrogens (tertiary/aromatic N) is 3. The van der Waals surface area contributed by atoms with Gasteiger partial charge in [-0.1, -0.05) is 24.3 Å². The first-order chi connectivity index (χ1) is 15.2. The number of rotatable bonds is 5. The summed E-state index contributed by atoms with van der Waals surface area (Å²) in [6, 6.07) is 3.44. The molecule has 2 aromatic rings. The molecule has 0 unspecified atom stereocenters. The van der Waals surface area contributed by atoms with Crippen LogP contribution in [0, 0.1) is 5.82 Å². The number of aromatic nitrogens is 2. The van der Waals surface area contributed by atoms with Crippen molar-refractivity contribution in [3.63, 3.8) is 0 Å². The molecular weight excluding hydrogens is 436 g/mol. The van der Waals surface area contributed by atoms with E-state index in [1.165, 1.54) is 24.0 Å². The second-order valence-electron chi connectivity index (χ2n) is 8.58. The molecule has 1 aromatic heterocycles. The Balaban J connectivity index is 1.67. The molecule has 1 N–H and O–H groups in total. The number of hydrogen-bond donors (Lipinski definition) is 1. The number of anilines is 2. The van der Waals surface area contributed by atoms with Crippen LogP contribution in [0.5, 0.6) is 0 Å². The molecule has 0 aliphatic carbocycles. The van der Waals surface area contributed by atoms with E-state index in [0.29, 0.717) is 24.7 Å². The van der Waals surface area contributed by atoms with Gasteiger partial charge in [0.2, 0.25) is 0 Å². The maximum absolute atomic E-state index is 14.6. The largest absolute Gasteiger partial charge is 0.363 e. The van der Waals surface area contributed by atoms with Gasteiger partial charge in [0.1, 0.15) is 23.8 Å². The Morgan fingerprint density at radius 1 is 1.19 bits per heavy atom. The molecule has 2 atom stereocenters. The Bertz CT molecular complexity index is 1150. The molecule has 2 aliphatic rings. The average Bonchev–Trinajstić information content (AvgIpc) is 2.74. The number of nitrogens with one attached hydrogen (secondary N) is 1. The van der Waals surface area contributed by atoms with Crippen molar-refractivity contribution < 1.29 is 17.7 Å². The van der Waals surface area contributed by atoms with Crippen molar-refractivity contribution in [1.29, 1.82) is 0 Å². The number of hydrogen-bond acceptors (Lipinski definition) is 5. The fraction of sp³-hybridized carbons (Fsp3) is 0.391. The lowest BCUT2D eigenvalue weighted by Gasteiger charge is -2.30. The minimum absolute atomic E-state index is 0.150. The van der Waals surface area contributed by atoms with E-state index < -0.39 is 31.0 Å². The molecule has 0 spiro atoms. The third-order valence-corrected chi connectivity index (χ3v) is 8.18. The molecule has 170 valence electrons. The van der Waals surface area contributed by atoms with Crippen LogP contribution in [0.15, 0.2) is 41.7 Å². The molecule has 0 amide bonds. The number of likely N-dealkylation sites (N-methyl/N-ethyl adjacent to an activating group) is 1. The van der Waals surface area contributed by atoms with Gasteiger partial charge in [-0.05, 0) is 37.2 Å². The topological polar surface area (TPSA) is 58.1 Å². The maximum atomic E-state index is 14.6. The van der Waals surface area contributed by atoms with Crippen molar-refractivity contribution in [3.8, 4) is 0 Å².